The predicted molar refractivity (Wildman–Crippen MR) is 63.3 cm³/mol. The van der Waals surface area contributed by atoms with E-state index in [0.717, 1.165) is 32.8 Å². The van der Waals surface area contributed by atoms with Crippen LogP contribution in [0.3, 0.4) is 0 Å². The first-order chi connectivity index (χ1) is 7.09. The number of ether oxygens (including phenoxy) is 1. The number of nitrogens with one attached hydrogen (secondary N) is 1. The Kier molecular flexibility index (Phi) is 5.53. The number of rotatable bonds is 5. The van der Waals surface area contributed by atoms with Crippen LogP contribution in [0, 0.1) is 0 Å². The number of likely N-dealkylation sites (N-methyl/N-ethyl adjacent to an activating group) is 2. The second-order valence-electron chi connectivity index (χ2n) is 4.73. The lowest BCUT2D eigenvalue weighted by molar-refractivity contribution is -0.0184. The summed E-state index contributed by atoms with van der Waals surface area (Å²) in [7, 11) is 6.37. The Bertz CT molecular complexity index is 175. The quantitative estimate of drug-likeness (QED) is 0.691. The normalized spacial score (nSPS) is 25.8. The van der Waals surface area contributed by atoms with Crippen molar-refractivity contribution >= 4 is 0 Å². The summed E-state index contributed by atoms with van der Waals surface area (Å²) in [6.45, 7) is 7.18. The molecule has 1 N–H and O–H groups in total. The van der Waals surface area contributed by atoms with Crippen LogP contribution >= 0.6 is 0 Å². The van der Waals surface area contributed by atoms with Gasteiger partial charge in [-0.1, -0.05) is 0 Å². The third-order valence-corrected chi connectivity index (χ3v) is 3.04. The van der Waals surface area contributed by atoms with Gasteiger partial charge in [0.2, 0.25) is 0 Å². The summed E-state index contributed by atoms with van der Waals surface area (Å²) >= 11 is 0. The van der Waals surface area contributed by atoms with Crippen molar-refractivity contribution in [2.75, 3.05) is 53.9 Å². The molecule has 15 heavy (non-hydrogen) atoms. The second kappa shape index (κ2) is 6.43. The van der Waals surface area contributed by atoms with E-state index in [1.54, 1.807) is 0 Å². The van der Waals surface area contributed by atoms with E-state index >= 15 is 0 Å². The first-order valence-electron chi connectivity index (χ1n) is 5.77. The van der Waals surface area contributed by atoms with E-state index < -0.39 is 0 Å². The Morgan fingerprint density at radius 3 is 2.87 bits per heavy atom. The molecule has 2 atom stereocenters. The third kappa shape index (κ3) is 4.93. The smallest absolute Gasteiger partial charge is 0.0826 e. The molecule has 0 aliphatic carbocycles. The molecular weight excluding hydrogens is 190 g/mol. The van der Waals surface area contributed by atoms with Gasteiger partial charge >= 0.3 is 0 Å². The summed E-state index contributed by atoms with van der Waals surface area (Å²) < 4.78 is 5.67. The molecule has 1 aliphatic heterocycles. The van der Waals surface area contributed by atoms with Gasteiger partial charge in [-0.05, 0) is 28.1 Å². The van der Waals surface area contributed by atoms with E-state index in [1.165, 1.54) is 0 Å². The predicted octanol–water partition coefficient (Wildman–Crippen LogP) is -0.143. The van der Waals surface area contributed by atoms with Crippen LogP contribution in [0.2, 0.25) is 0 Å². The highest BCUT2D eigenvalue weighted by Gasteiger charge is 2.17. The summed E-state index contributed by atoms with van der Waals surface area (Å²) in [5.41, 5.74) is 0. The van der Waals surface area contributed by atoms with Crippen LogP contribution in [-0.2, 0) is 4.74 Å². The Morgan fingerprint density at radius 1 is 1.53 bits per heavy atom. The molecule has 0 aromatic rings. The fourth-order valence-electron chi connectivity index (χ4n) is 1.63. The van der Waals surface area contributed by atoms with Gasteiger partial charge in [0.05, 0.1) is 12.7 Å². The fraction of sp³-hybridized carbons (Fsp3) is 1.00. The standard InChI is InChI=1S/C11H25N3O/c1-10(13(2)3)7-12-8-11-9-14(4)5-6-15-11/h10-12H,5-9H2,1-4H3. The zero-order chi connectivity index (χ0) is 11.3. The van der Waals surface area contributed by atoms with Gasteiger partial charge in [0, 0.05) is 32.2 Å². The molecule has 1 rings (SSSR count). The summed E-state index contributed by atoms with van der Waals surface area (Å²) in [6.07, 6.45) is 0.359. The maximum absolute atomic E-state index is 5.67. The highest BCUT2D eigenvalue weighted by Crippen LogP contribution is 2.01. The Hall–Kier alpha value is -0.160. The molecule has 0 spiro atoms. The van der Waals surface area contributed by atoms with Crippen LogP contribution in [0.15, 0.2) is 0 Å². The number of morpholine rings is 1. The van der Waals surface area contributed by atoms with E-state index in [0.29, 0.717) is 12.1 Å². The van der Waals surface area contributed by atoms with Crippen LogP contribution in [0.5, 0.6) is 0 Å². The Balaban J connectivity index is 2.09. The highest BCUT2D eigenvalue weighted by molar-refractivity contribution is 4.72. The van der Waals surface area contributed by atoms with E-state index in [4.69, 9.17) is 4.74 Å². The zero-order valence-electron chi connectivity index (χ0n) is 10.5. The molecule has 0 saturated carbocycles. The van der Waals surface area contributed by atoms with Crippen molar-refractivity contribution in [2.45, 2.75) is 19.1 Å². The maximum Gasteiger partial charge on any atom is 0.0826 e. The van der Waals surface area contributed by atoms with E-state index in [9.17, 15) is 0 Å². The van der Waals surface area contributed by atoms with E-state index in [1.807, 2.05) is 0 Å². The molecule has 4 nitrogen and oxygen atoms in total. The van der Waals surface area contributed by atoms with Gasteiger partial charge in [-0.3, -0.25) is 0 Å². The molecule has 0 amide bonds. The van der Waals surface area contributed by atoms with Gasteiger partial charge < -0.3 is 19.9 Å². The van der Waals surface area contributed by atoms with Crippen LogP contribution < -0.4 is 5.32 Å². The zero-order valence-corrected chi connectivity index (χ0v) is 10.5. The number of hydrogen-bond acceptors (Lipinski definition) is 4. The van der Waals surface area contributed by atoms with Crippen molar-refractivity contribution in [1.82, 2.24) is 15.1 Å². The number of nitrogens with zero attached hydrogens (tertiary/aromatic N) is 2. The van der Waals surface area contributed by atoms with E-state index in [-0.39, 0.29) is 0 Å². The SMILES string of the molecule is CC(CNCC1CN(C)CCO1)N(C)C. The topological polar surface area (TPSA) is 27.7 Å². The van der Waals surface area contributed by atoms with Gasteiger partial charge in [0.15, 0.2) is 0 Å². The highest BCUT2D eigenvalue weighted by atomic mass is 16.5. The minimum Gasteiger partial charge on any atom is -0.374 e. The van der Waals surface area contributed by atoms with Crippen molar-refractivity contribution in [3.8, 4) is 0 Å². The molecule has 2 unspecified atom stereocenters. The molecule has 0 aromatic carbocycles. The maximum atomic E-state index is 5.67. The van der Waals surface area contributed by atoms with Gasteiger partial charge in [-0.15, -0.1) is 0 Å². The van der Waals surface area contributed by atoms with Gasteiger partial charge in [-0.2, -0.15) is 0 Å². The molecule has 0 bridgehead atoms. The lowest BCUT2D eigenvalue weighted by atomic mass is 10.2. The number of hydrogen-bond donors (Lipinski definition) is 1. The minimum absolute atomic E-state index is 0.359. The molecule has 1 fully saturated rings. The Morgan fingerprint density at radius 2 is 2.27 bits per heavy atom. The lowest BCUT2D eigenvalue weighted by Crippen LogP contribution is -2.46. The van der Waals surface area contributed by atoms with Crippen LogP contribution in [-0.4, -0.2) is 75.9 Å². The summed E-state index contributed by atoms with van der Waals surface area (Å²) in [6, 6.07) is 0.575. The van der Waals surface area contributed by atoms with Gasteiger partial charge in [0.1, 0.15) is 0 Å². The Labute approximate surface area is 93.6 Å². The van der Waals surface area contributed by atoms with Crippen LogP contribution in [0.25, 0.3) is 0 Å². The van der Waals surface area contributed by atoms with Crippen molar-refractivity contribution in [1.29, 1.82) is 0 Å². The molecule has 0 radical (unpaired) electrons. The average Bonchev–Trinajstić information content (AvgIpc) is 2.17. The van der Waals surface area contributed by atoms with Crippen molar-refractivity contribution in [3.63, 3.8) is 0 Å². The second-order valence-corrected chi connectivity index (χ2v) is 4.73. The summed E-state index contributed by atoms with van der Waals surface area (Å²) in [5.74, 6) is 0. The van der Waals surface area contributed by atoms with Crippen molar-refractivity contribution in [3.05, 3.63) is 0 Å². The minimum atomic E-state index is 0.359. The molecule has 0 aromatic heterocycles. The van der Waals surface area contributed by atoms with Crippen LogP contribution in [0.4, 0.5) is 0 Å². The molecule has 4 heteroatoms. The molecule has 1 saturated heterocycles. The molecular formula is C11H25N3O. The average molecular weight is 215 g/mol. The summed E-state index contributed by atoms with van der Waals surface area (Å²) in [5, 5.41) is 3.46. The largest absolute Gasteiger partial charge is 0.374 e. The molecule has 1 aliphatic rings. The van der Waals surface area contributed by atoms with E-state index in [2.05, 4.69) is 43.2 Å². The molecule has 90 valence electrons. The third-order valence-electron chi connectivity index (χ3n) is 3.04. The first-order valence-corrected chi connectivity index (χ1v) is 5.77. The van der Waals surface area contributed by atoms with Gasteiger partial charge in [-0.25, -0.2) is 0 Å². The summed E-state index contributed by atoms with van der Waals surface area (Å²) in [4.78, 5) is 4.55. The van der Waals surface area contributed by atoms with Crippen LogP contribution in [0.1, 0.15) is 6.92 Å². The fourth-order valence-corrected chi connectivity index (χ4v) is 1.63. The van der Waals surface area contributed by atoms with Gasteiger partial charge in [0.25, 0.3) is 0 Å². The van der Waals surface area contributed by atoms with Crippen molar-refractivity contribution in [2.24, 2.45) is 0 Å². The molecule has 1 heterocycles. The first kappa shape index (κ1) is 12.9. The lowest BCUT2D eigenvalue weighted by Gasteiger charge is -2.30. The monoisotopic (exact) mass is 215 g/mol. The van der Waals surface area contributed by atoms with Crippen molar-refractivity contribution < 1.29 is 4.74 Å².